The summed E-state index contributed by atoms with van der Waals surface area (Å²) < 4.78 is 14.7. The van der Waals surface area contributed by atoms with Gasteiger partial charge in [0, 0.05) is 0 Å². The van der Waals surface area contributed by atoms with Crippen LogP contribution < -0.4 is 0 Å². The Bertz CT molecular complexity index is 570. The summed E-state index contributed by atoms with van der Waals surface area (Å²) in [5.74, 6) is -2.13. The first-order chi connectivity index (χ1) is 9.51. The lowest BCUT2D eigenvalue weighted by Crippen LogP contribution is -2.55. The predicted octanol–water partition coefficient (Wildman–Crippen LogP) is 0.544. The first-order valence-corrected chi connectivity index (χ1v) is 5.85. The average Bonchev–Trinajstić information content (AvgIpc) is 2.80. The predicted molar refractivity (Wildman–Crippen MR) is 67.3 cm³/mol. The second kappa shape index (κ2) is 4.63. The van der Waals surface area contributed by atoms with Crippen LogP contribution in [-0.2, 0) is 28.6 Å². The smallest absolute Gasteiger partial charge is 0.329 e. The van der Waals surface area contributed by atoms with E-state index in [0.717, 1.165) is 7.11 Å². The van der Waals surface area contributed by atoms with Crippen molar-refractivity contribution in [3.8, 4) is 0 Å². The van der Waals surface area contributed by atoms with Crippen molar-refractivity contribution in [1.82, 2.24) is 0 Å². The van der Waals surface area contributed by atoms with Crippen molar-refractivity contribution in [2.24, 2.45) is 10.8 Å². The Morgan fingerprint density at radius 3 is 2.25 bits per heavy atom. The summed E-state index contributed by atoms with van der Waals surface area (Å²) in [7, 11) is 3.66. The molecule has 2 atom stereocenters. The third-order valence-electron chi connectivity index (χ3n) is 3.70. The Balaban J connectivity index is 2.78. The van der Waals surface area contributed by atoms with Crippen molar-refractivity contribution < 1.29 is 28.6 Å². The average molecular weight is 278 g/mol. The van der Waals surface area contributed by atoms with Crippen LogP contribution in [-0.4, -0.2) is 39.1 Å². The highest BCUT2D eigenvalue weighted by Gasteiger charge is 2.70. The fourth-order valence-corrected chi connectivity index (χ4v) is 2.78. The number of rotatable bonds is 3. The molecular weight excluding hydrogens is 264 g/mol. The number of hydrogen-bond donors (Lipinski definition) is 0. The molecule has 2 rings (SSSR count). The van der Waals surface area contributed by atoms with Gasteiger partial charge in [-0.1, -0.05) is 18.2 Å². The van der Waals surface area contributed by atoms with Crippen LogP contribution in [0.4, 0.5) is 0 Å². The molecule has 6 heteroatoms. The van der Waals surface area contributed by atoms with Crippen LogP contribution in [0, 0.1) is 10.8 Å². The molecule has 0 fully saturated rings. The number of ketones is 1. The Labute approximate surface area is 115 Å². The molecule has 0 aromatic rings. The monoisotopic (exact) mass is 278 g/mol. The minimum Gasteiger partial charge on any atom is -0.499 e. The topological polar surface area (TPSA) is 78.9 Å². The Kier molecular flexibility index (Phi) is 3.25. The summed E-state index contributed by atoms with van der Waals surface area (Å²) >= 11 is 0. The maximum atomic E-state index is 12.4. The zero-order chi connectivity index (χ0) is 15.0. The van der Waals surface area contributed by atoms with Crippen LogP contribution in [0.5, 0.6) is 0 Å². The van der Waals surface area contributed by atoms with Gasteiger partial charge in [0.2, 0.25) is 5.41 Å². The van der Waals surface area contributed by atoms with E-state index in [4.69, 9.17) is 14.2 Å². The van der Waals surface area contributed by atoms with Crippen LogP contribution in [0.1, 0.15) is 0 Å². The molecule has 106 valence electrons. The lowest BCUT2D eigenvalue weighted by Gasteiger charge is -2.40. The fraction of sp³-hybridized carbons (Fsp3) is 0.357. The van der Waals surface area contributed by atoms with E-state index in [1.165, 1.54) is 38.5 Å². The minimum atomic E-state index is -1.89. The lowest BCUT2D eigenvalue weighted by atomic mass is 9.61. The number of methoxy groups -OCH3 is 3. The second-order valence-electron chi connectivity index (χ2n) is 4.39. The molecular formula is C14H14O6. The van der Waals surface area contributed by atoms with Gasteiger partial charge in [-0.2, -0.15) is 0 Å². The van der Waals surface area contributed by atoms with Crippen LogP contribution in [0.15, 0.2) is 36.1 Å². The molecule has 0 bridgehead atoms. The van der Waals surface area contributed by atoms with Gasteiger partial charge in [0.1, 0.15) is 11.2 Å². The molecule has 0 radical (unpaired) electrons. The van der Waals surface area contributed by atoms with Crippen LogP contribution in [0.25, 0.3) is 0 Å². The van der Waals surface area contributed by atoms with Crippen molar-refractivity contribution in [2.45, 2.75) is 0 Å². The van der Waals surface area contributed by atoms with E-state index in [1.807, 2.05) is 0 Å². The highest BCUT2D eigenvalue weighted by atomic mass is 16.5. The first-order valence-electron chi connectivity index (χ1n) is 5.85. The molecule has 2 aliphatic carbocycles. The number of fused-ring (bicyclic) bond motifs is 1. The molecule has 0 aliphatic heterocycles. The molecule has 20 heavy (non-hydrogen) atoms. The summed E-state index contributed by atoms with van der Waals surface area (Å²) in [6, 6.07) is 0. The van der Waals surface area contributed by atoms with Gasteiger partial charge in [-0.15, -0.1) is 0 Å². The van der Waals surface area contributed by atoms with Crippen LogP contribution in [0.3, 0.4) is 0 Å². The van der Waals surface area contributed by atoms with Crippen molar-refractivity contribution >= 4 is 17.7 Å². The molecule has 2 aliphatic rings. The Morgan fingerprint density at radius 1 is 1.05 bits per heavy atom. The highest BCUT2D eigenvalue weighted by molar-refractivity contribution is 6.19. The number of allylic oxidation sites excluding steroid dienone is 3. The largest absolute Gasteiger partial charge is 0.499 e. The number of ether oxygens (including phenoxy) is 3. The minimum absolute atomic E-state index is 0.0484. The normalized spacial score (nSPS) is 30.6. The molecule has 0 amide bonds. The van der Waals surface area contributed by atoms with Gasteiger partial charge in [0.25, 0.3) is 0 Å². The van der Waals surface area contributed by atoms with E-state index in [1.54, 1.807) is 6.08 Å². The molecule has 0 saturated carbocycles. The van der Waals surface area contributed by atoms with Gasteiger partial charge < -0.3 is 14.2 Å². The molecule has 2 unspecified atom stereocenters. The van der Waals surface area contributed by atoms with E-state index in [-0.39, 0.29) is 5.76 Å². The summed E-state index contributed by atoms with van der Waals surface area (Å²) in [5.41, 5.74) is -3.47. The quantitative estimate of drug-likeness (QED) is 0.554. The van der Waals surface area contributed by atoms with Crippen molar-refractivity contribution in [3.63, 3.8) is 0 Å². The number of carbonyl (C=O) groups is 3. The van der Waals surface area contributed by atoms with Crippen molar-refractivity contribution in [1.29, 1.82) is 0 Å². The zero-order valence-corrected chi connectivity index (χ0v) is 11.3. The van der Waals surface area contributed by atoms with Gasteiger partial charge >= 0.3 is 11.9 Å². The van der Waals surface area contributed by atoms with E-state index < -0.39 is 28.6 Å². The molecule has 0 spiro atoms. The number of esters is 2. The van der Waals surface area contributed by atoms with E-state index in [0.29, 0.717) is 0 Å². The molecule has 0 aromatic heterocycles. The van der Waals surface area contributed by atoms with Gasteiger partial charge in [0.05, 0.1) is 21.3 Å². The summed E-state index contributed by atoms with van der Waals surface area (Å²) in [4.78, 5) is 36.9. The fourth-order valence-electron chi connectivity index (χ4n) is 2.78. The zero-order valence-electron chi connectivity index (χ0n) is 11.3. The third kappa shape index (κ3) is 1.36. The van der Waals surface area contributed by atoms with E-state index >= 15 is 0 Å². The van der Waals surface area contributed by atoms with Gasteiger partial charge in [-0.3, -0.25) is 14.4 Å². The van der Waals surface area contributed by atoms with Crippen molar-refractivity contribution in [3.05, 3.63) is 36.1 Å². The van der Waals surface area contributed by atoms with Crippen LogP contribution >= 0.6 is 0 Å². The van der Waals surface area contributed by atoms with Crippen LogP contribution in [0.2, 0.25) is 0 Å². The van der Waals surface area contributed by atoms with Gasteiger partial charge in [0.15, 0.2) is 5.78 Å². The molecule has 0 heterocycles. The van der Waals surface area contributed by atoms with E-state index in [2.05, 4.69) is 0 Å². The maximum absolute atomic E-state index is 12.4. The molecule has 0 saturated heterocycles. The lowest BCUT2D eigenvalue weighted by molar-refractivity contribution is -0.171. The molecule has 6 nitrogen and oxygen atoms in total. The Morgan fingerprint density at radius 2 is 1.70 bits per heavy atom. The third-order valence-corrected chi connectivity index (χ3v) is 3.70. The van der Waals surface area contributed by atoms with Gasteiger partial charge in [-0.25, -0.2) is 0 Å². The number of hydrogen-bond acceptors (Lipinski definition) is 6. The summed E-state index contributed by atoms with van der Waals surface area (Å²) in [5, 5.41) is 0. The van der Waals surface area contributed by atoms with Gasteiger partial charge in [-0.05, 0) is 12.2 Å². The molecule has 0 N–H and O–H groups in total. The summed E-state index contributed by atoms with van der Waals surface area (Å²) in [6.07, 6.45) is 6.97. The maximum Gasteiger partial charge on any atom is 0.329 e. The van der Waals surface area contributed by atoms with Crippen molar-refractivity contribution in [2.75, 3.05) is 21.3 Å². The van der Waals surface area contributed by atoms with E-state index in [9.17, 15) is 14.4 Å². The SMILES string of the molecule is COC(=O)C12C=CC=C(OC)C1(C(=O)OC)C(=O)C=C2. The Hall–Kier alpha value is -2.37. The molecule has 0 aromatic carbocycles. The summed E-state index contributed by atoms with van der Waals surface area (Å²) in [6.45, 7) is 0. The number of carbonyl (C=O) groups excluding carboxylic acids is 3. The first kappa shape index (κ1) is 14.0. The standard InChI is InChI=1S/C14H14O6/c1-18-10-5-4-7-13(11(16)19-2)8-6-9(15)14(10,13)12(17)20-3/h4-8H,1-3H3. The highest BCUT2D eigenvalue weighted by Crippen LogP contribution is 2.55. The second-order valence-corrected chi connectivity index (χ2v) is 4.39.